The van der Waals surface area contributed by atoms with Gasteiger partial charge >= 0.3 is 0 Å². The van der Waals surface area contributed by atoms with Gasteiger partial charge in [-0.25, -0.2) is 4.98 Å². The van der Waals surface area contributed by atoms with Gasteiger partial charge in [-0.05, 0) is 30.3 Å². The molecule has 0 fully saturated rings. The number of rotatable bonds is 3. The summed E-state index contributed by atoms with van der Waals surface area (Å²) in [5, 5.41) is 0. The first-order valence-corrected chi connectivity index (χ1v) is 4.12. The standard InChI is InChI=1S/C10H13FN2/c1-13(2)7-3-4-9-5-6-12-10(11)8-9/h3,5-8H,4H2,1-2H3. The summed E-state index contributed by atoms with van der Waals surface area (Å²) < 4.78 is 12.6. The van der Waals surface area contributed by atoms with Gasteiger partial charge in [-0.3, -0.25) is 0 Å². The highest BCUT2D eigenvalue weighted by Crippen LogP contribution is 2.01. The third-order valence-corrected chi connectivity index (χ3v) is 1.55. The predicted molar refractivity (Wildman–Crippen MR) is 50.7 cm³/mol. The van der Waals surface area contributed by atoms with Gasteiger partial charge in [-0.2, -0.15) is 4.39 Å². The summed E-state index contributed by atoms with van der Waals surface area (Å²) in [5.74, 6) is -0.421. The maximum Gasteiger partial charge on any atom is 0.213 e. The van der Waals surface area contributed by atoms with Gasteiger partial charge in [0.25, 0.3) is 0 Å². The smallest absolute Gasteiger partial charge is 0.213 e. The molecular formula is C10H13FN2. The van der Waals surface area contributed by atoms with Crippen molar-refractivity contribution in [3.8, 4) is 0 Å². The van der Waals surface area contributed by atoms with Crippen molar-refractivity contribution < 1.29 is 4.39 Å². The van der Waals surface area contributed by atoms with Gasteiger partial charge in [-0.15, -0.1) is 0 Å². The summed E-state index contributed by atoms with van der Waals surface area (Å²) in [4.78, 5) is 5.42. The molecule has 0 bridgehead atoms. The molecule has 1 rings (SSSR count). The predicted octanol–water partition coefficient (Wildman–Crippen LogP) is 1.84. The fourth-order valence-corrected chi connectivity index (χ4v) is 0.969. The molecule has 0 aromatic carbocycles. The topological polar surface area (TPSA) is 16.1 Å². The van der Waals surface area contributed by atoms with Crippen molar-refractivity contribution >= 4 is 0 Å². The molecule has 0 unspecified atom stereocenters. The minimum absolute atomic E-state index is 0.421. The van der Waals surface area contributed by atoms with E-state index in [0.717, 1.165) is 12.0 Å². The first kappa shape index (κ1) is 9.71. The van der Waals surface area contributed by atoms with Crippen LogP contribution < -0.4 is 0 Å². The molecular weight excluding hydrogens is 167 g/mol. The summed E-state index contributed by atoms with van der Waals surface area (Å²) in [5.41, 5.74) is 0.936. The highest BCUT2D eigenvalue weighted by Gasteiger charge is 1.92. The van der Waals surface area contributed by atoms with Crippen molar-refractivity contribution in [1.29, 1.82) is 0 Å². The molecule has 2 nitrogen and oxygen atoms in total. The van der Waals surface area contributed by atoms with Crippen LogP contribution in [0.5, 0.6) is 0 Å². The quantitative estimate of drug-likeness (QED) is 0.660. The third kappa shape index (κ3) is 3.69. The molecule has 13 heavy (non-hydrogen) atoms. The Kier molecular flexibility index (Phi) is 3.43. The SMILES string of the molecule is CN(C)C=CCc1ccnc(F)c1. The summed E-state index contributed by atoms with van der Waals surface area (Å²) in [6.07, 6.45) is 6.14. The van der Waals surface area contributed by atoms with Crippen LogP contribution in [0.15, 0.2) is 30.6 Å². The fourth-order valence-electron chi connectivity index (χ4n) is 0.969. The molecule has 0 aliphatic heterocycles. The molecule has 0 radical (unpaired) electrons. The van der Waals surface area contributed by atoms with Gasteiger partial charge in [-0.1, -0.05) is 6.08 Å². The number of allylic oxidation sites excluding steroid dienone is 1. The van der Waals surface area contributed by atoms with Crippen LogP contribution in [0.4, 0.5) is 4.39 Å². The van der Waals surface area contributed by atoms with Crippen molar-refractivity contribution in [2.24, 2.45) is 0 Å². The highest BCUT2D eigenvalue weighted by atomic mass is 19.1. The molecule has 0 N–H and O–H groups in total. The van der Waals surface area contributed by atoms with Crippen LogP contribution in [-0.4, -0.2) is 24.0 Å². The highest BCUT2D eigenvalue weighted by molar-refractivity contribution is 5.14. The number of pyridine rings is 1. The molecule has 0 spiro atoms. The Morgan fingerprint density at radius 3 is 2.92 bits per heavy atom. The first-order chi connectivity index (χ1) is 6.18. The normalized spacial score (nSPS) is 10.7. The minimum atomic E-state index is -0.421. The number of nitrogens with zero attached hydrogens (tertiary/aromatic N) is 2. The van der Waals surface area contributed by atoms with Crippen LogP contribution in [0, 0.1) is 5.95 Å². The second-order valence-electron chi connectivity index (χ2n) is 3.04. The lowest BCUT2D eigenvalue weighted by molar-refractivity contribution is 0.561. The van der Waals surface area contributed by atoms with E-state index in [2.05, 4.69) is 4.98 Å². The largest absolute Gasteiger partial charge is 0.384 e. The Morgan fingerprint density at radius 1 is 1.54 bits per heavy atom. The zero-order chi connectivity index (χ0) is 9.68. The van der Waals surface area contributed by atoms with Crippen LogP contribution >= 0.6 is 0 Å². The first-order valence-electron chi connectivity index (χ1n) is 4.12. The van der Waals surface area contributed by atoms with E-state index in [0.29, 0.717) is 0 Å². The minimum Gasteiger partial charge on any atom is -0.384 e. The van der Waals surface area contributed by atoms with Gasteiger partial charge in [0.15, 0.2) is 0 Å². The van der Waals surface area contributed by atoms with Gasteiger partial charge in [0, 0.05) is 20.3 Å². The second kappa shape index (κ2) is 4.60. The maximum absolute atomic E-state index is 12.6. The summed E-state index contributed by atoms with van der Waals surface area (Å²) in [6, 6.07) is 3.25. The van der Waals surface area contributed by atoms with Gasteiger partial charge in [0.1, 0.15) is 0 Å². The van der Waals surface area contributed by atoms with Gasteiger partial charge < -0.3 is 4.90 Å². The van der Waals surface area contributed by atoms with Crippen LogP contribution in [0.2, 0.25) is 0 Å². The second-order valence-corrected chi connectivity index (χ2v) is 3.04. The number of aromatic nitrogens is 1. The molecule has 70 valence electrons. The third-order valence-electron chi connectivity index (χ3n) is 1.55. The molecule has 3 heteroatoms. The Labute approximate surface area is 77.7 Å². The Balaban J connectivity index is 2.55. The summed E-state index contributed by atoms with van der Waals surface area (Å²) in [6.45, 7) is 0. The van der Waals surface area contributed by atoms with Gasteiger partial charge in [0.2, 0.25) is 5.95 Å². The van der Waals surface area contributed by atoms with Crippen molar-refractivity contribution in [3.63, 3.8) is 0 Å². The van der Waals surface area contributed by atoms with E-state index in [1.165, 1.54) is 12.3 Å². The molecule has 0 amide bonds. The van der Waals surface area contributed by atoms with Crippen LogP contribution in [0.1, 0.15) is 5.56 Å². The van der Waals surface area contributed by atoms with Gasteiger partial charge in [0.05, 0.1) is 0 Å². The molecule has 0 saturated heterocycles. The molecule has 0 atom stereocenters. The van der Waals surface area contributed by atoms with E-state index in [1.807, 2.05) is 37.3 Å². The molecule has 1 aromatic rings. The van der Waals surface area contributed by atoms with E-state index in [9.17, 15) is 4.39 Å². The summed E-state index contributed by atoms with van der Waals surface area (Å²) in [7, 11) is 3.90. The Hall–Kier alpha value is -1.38. The zero-order valence-corrected chi connectivity index (χ0v) is 7.87. The van der Waals surface area contributed by atoms with E-state index >= 15 is 0 Å². The zero-order valence-electron chi connectivity index (χ0n) is 7.87. The van der Waals surface area contributed by atoms with Crippen molar-refractivity contribution in [1.82, 2.24) is 9.88 Å². The molecule has 0 saturated carbocycles. The van der Waals surface area contributed by atoms with E-state index in [4.69, 9.17) is 0 Å². The molecule has 1 aromatic heterocycles. The molecule has 1 heterocycles. The van der Waals surface area contributed by atoms with Crippen LogP contribution in [0.25, 0.3) is 0 Å². The summed E-state index contributed by atoms with van der Waals surface area (Å²) >= 11 is 0. The van der Waals surface area contributed by atoms with Crippen molar-refractivity contribution in [2.45, 2.75) is 6.42 Å². The number of halogens is 1. The molecule has 0 aliphatic carbocycles. The maximum atomic E-state index is 12.6. The van der Waals surface area contributed by atoms with Crippen molar-refractivity contribution in [3.05, 3.63) is 42.1 Å². The average Bonchev–Trinajstić information content (AvgIpc) is 2.03. The lowest BCUT2D eigenvalue weighted by Gasteiger charge is -2.02. The van der Waals surface area contributed by atoms with E-state index < -0.39 is 5.95 Å². The van der Waals surface area contributed by atoms with Crippen LogP contribution in [0.3, 0.4) is 0 Å². The van der Waals surface area contributed by atoms with E-state index in [1.54, 1.807) is 0 Å². The lowest BCUT2D eigenvalue weighted by atomic mass is 10.2. The Morgan fingerprint density at radius 2 is 2.31 bits per heavy atom. The number of hydrogen-bond acceptors (Lipinski definition) is 2. The monoisotopic (exact) mass is 180 g/mol. The van der Waals surface area contributed by atoms with Crippen LogP contribution in [-0.2, 0) is 6.42 Å². The van der Waals surface area contributed by atoms with E-state index in [-0.39, 0.29) is 0 Å². The van der Waals surface area contributed by atoms with Crippen molar-refractivity contribution in [2.75, 3.05) is 14.1 Å². The number of hydrogen-bond donors (Lipinski definition) is 0. The fraction of sp³-hybridized carbons (Fsp3) is 0.300. The Bertz CT molecular complexity index is 295. The lowest BCUT2D eigenvalue weighted by Crippen LogP contribution is -2.00. The molecule has 0 aliphatic rings. The average molecular weight is 180 g/mol.